The summed E-state index contributed by atoms with van der Waals surface area (Å²) in [6, 6.07) is 3.40. The fraction of sp³-hybridized carbons (Fsp3) is 0.538. The number of benzene rings is 1. The fourth-order valence-electron chi connectivity index (χ4n) is 1.91. The third-order valence-corrected chi connectivity index (χ3v) is 4.02. The van der Waals surface area contributed by atoms with E-state index in [2.05, 4.69) is 0 Å². The van der Waals surface area contributed by atoms with Gasteiger partial charge < -0.3 is 14.4 Å². The van der Waals surface area contributed by atoms with Gasteiger partial charge in [0.1, 0.15) is 5.75 Å². The molecule has 1 aromatic rings. The lowest BCUT2D eigenvalue weighted by atomic mass is 9.77. The van der Waals surface area contributed by atoms with Gasteiger partial charge in [0.15, 0.2) is 0 Å². The Morgan fingerprint density at radius 1 is 1.11 bits per heavy atom. The van der Waals surface area contributed by atoms with Crippen LogP contribution in [0.5, 0.6) is 5.75 Å². The normalized spacial score (nSPS) is 21.3. The van der Waals surface area contributed by atoms with Crippen LogP contribution in [-0.2, 0) is 9.31 Å². The molecule has 18 heavy (non-hydrogen) atoms. The number of aryl methyl sites for hydroxylation is 1. The molecular weight excluding hydrogens is 250 g/mol. The Kier molecular flexibility index (Phi) is 3.17. The second-order valence-corrected chi connectivity index (χ2v) is 6.19. The molecule has 0 radical (unpaired) electrons. The van der Waals surface area contributed by atoms with Gasteiger partial charge in [-0.05, 0) is 52.3 Å². The summed E-state index contributed by atoms with van der Waals surface area (Å²) in [4.78, 5) is 0. The van der Waals surface area contributed by atoms with E-state index in [0.29, 0.717) is 16.0 Å². The molecule has 1 heterocycles. The molecule has 1 aliphatic rings. The van der Waals surface area contributed by atoms with Crippen LogP contribution in [0.2, 0.25) is 5.02 Å². The second kappa shape index (κ2) is 4.15. The van der Waals surface area contributed by atoms with Crippen LogP contribution in [0.15, 0.2) is 12.1 Å². The van der Waals surface area contributed by atoms with Gasteiger partial charge in [0.05, 0.1) is 11.2 Å². The van der Waals surface area contributed by atoms with Crippen LogP contribution in [0.25, 0.3) is 0 Å². The van der Waals surface area contributed by atoms with Gasteiger partial charge in [-0.2, -0.15) is 0 Å². The lowest BCUT2D eigenvalue weighted by Gasteiger charge is -2.32. The predicted octanol–water partition coefficient (Wildman–Crippen LogP) is 2.65. The highest BCUT2D eigenvalue weighted by Crippen LogP contribution is 2.37. The average Bonchev–Trinajstić information content (AvgIpc) is 2.42. The first-order valence-corrected chi connectivity index (χ1v) is 6.36. The Morgan fingerprint density at radius 3 is 2.11 bits per heavy atom. The first-order chi connectivity index (χ1) is 8.14. The molecule has 1 saturated heterocycles. The van der Waals surface area contributed by atoms with Crippen molar-refractivity contribution >= 4 is 24.2 Å². The van der Waals surface area contributed by atoms with E-state index >= 15 is 0 Å². The molecule has 1 aromatic carbocycles. The molecule has 0 aromatic heterocycles. The van der Waals surface area contributed by atoms with E-state index in [1.165, 1.54) is 0 Å². The summed E-state index contributed by atoms with van der Waals surface area (Å²) in [7, 11) is -0.590. The molecular formula is C13H18BClO3. The van der Waals surface area contributed by atoms with E-state index in [1.807, 2.05) is 27.7 Å². The summed E-state index contributed by atoms with van der Waals surface area (Å²) in [5.41, 5.74) is 0.437. The molecule has 1 N–H and O–H groups in total. The van der Waals surface area contributed by atoms with Crippen molar-refractivity contribution in [3.05, 3.63) is 22.7 Å². The molecule has 0 spiro atoms. The van der Waals surface area contributed by atoms with Crippen molar-refractivity contribution in [1.29, 1.82) is 0 Å². The number of hydrogen-bond donors (Lipinski definition) is 1. The number of phenols is 1. The number of rotatable bonds is 1. The molecule has 0 saturated carbocycles. The van der Waals surface area contributed by atoms with Crippen LogP contribution in [0.4, 0.5) is 0 Å². The van der Waals surface area contributed by atoms with Crippen molar-refractivity contribution in [2.45, 2.75) is 45.8 Å². The van der Waals surface area contributed by atoms with E-state index in [4.69, 9.17) is 20.9 Å². The fourth-order valence-corrected chi connectivity index (χ4v) is 2.19. The molecule has 5 heteroatoms. The van der Waals surface area contributed by atoms with Crippen LogP contribution in [0.3, 0.4) is 0 Å². The number of phenolic OH excluding ortho intramolecular Hbond substituents is 1. The molecule has 0 unspecified atom stereocenters. The lowest BCUT2D eigenvalue weighted by Crippen LogP contribution is -2.41. The second-order valence-electron chi connectivity index (χ2n) is 5.75. The molecule has 2 rings (SSSR count). The first-order valence-electron chi connectivity index (χ1n) is 5.99. The van der Waals surface area contributed by atoms with Crippen LogP contribution in [0.1, 0.15) is 33.3 Å². The summed E-state index contributed by atoms with van der Waals surface area (Å²) in [6.45, 7) is 9.70. The number of aromatic hydroxyl groups is 1. The zero-order valence-electron chi connectivity index (χ0n) is 11.4. The summed E-state index contributed by atoms with van der Waals surface area (Å²) < 4.78 is 11.8. The molecule has 1 aliphatic heterocycles. The van der Waals surface area contributed by atoms with Gasteiger partial charge in [0, 0.05) is 10.5 Å². The van der Waals surface area contributed by atoms with E-state index in [-0.39, 0.29) is 5.75 Å². The van der Waals surface area contributed by atoms with E-state index in [9.17, 15) is 5.11 Å². The van der Waals surface area contributed by atoms with Crippen molar-refractivity contribution in [3.8, 4) is 5.75 Å². The number of halogens is 1. The van der Waals surface area contributed by atoms with E-state index in [0.717, 1.165) is 0 Å². The zero-order chi connectivity index (χ0) is 13.7. The molecule has 0 aliphatic carbocycles. The largest absolute Gasteiger partial charge is 0.508 e. The van der Waals surface area contributed by atoms with Gasteiger partial charge in [-0.1, -0.05) is 11.6 Å². The van der Waals surface area contributed by atoms with Crippen molar-refractivity contribution in [1.82, 2.24) is 0 Å². The highest BCUT2D eigenvalue weighted by atomic mass is 35.5. The average molecular weight is 269 g/mol. The highest BCUT2D eigenvalue weighted by molar-refractivity contribution is 6.63. The van der Waals surface area contributed by atoms with Crippen molar-refractivity contribution in [2.75, 3.05) is 0 Å². The van der Waals surface area contributed by atoms with Gasteiger partial charge in [0.25, 0.3) is 0 Å². The topological polar surface area (TPSA) is 38.7 Å². The monoisotopic (exact) mass is 268 g/mol. The Bertz CT molecular complexity index is 469. The minimum atomic E-state index is -0.590. The third-order valence-electron chi connectivity index (χ3n) is 3.80. The lowest BCUT2D eigenvalue weighted by molar-refractivity contribution is 0.00578. The highest BCUT2D eigenvalue weighted by Gasteiger charge is 2.52. The van der Waals surface area contributed by atoms with Gasteiger partial charge in [-0.25, -0.2) is 0 Å². The summed E-state index contributed by atoms with van der Waals surface area (Å²) in [6.07, 6.45) is 0. The van der Waals surface area contributed by atoms with Gasteiger partial charge >= 0.3 is 7.12 Å². The third kappa shape index (κ3) is 2.13. The molecule has 0 amide bonds. The Hall–Kier alpha value is -0.705. The molecule has 0 atom stereocenters. The standard InChI is InChI=1S/C13H18BClO3/c1-8-6-9(15)7-10(11(8)16)14-17-12(2,3)13(4,5)18-14/h6-7,16H,1-5H3. The van der Waals surface area contributed by atoms with E-state index in [1.54, 1.807) is 19.1 Å². The molecule has 3 nitrogen and oxygen atoms in total. The zero-order valence-corrected chi connectivity index (χ0v) is 12.1. The summed E-state index contributed by atoms with van der Waals surface area (Å²) in [5, 5.41) is 10.7. The molecule has 98 valence electrons. The van der Waals surface area contributed by atoms with Gasteiger partial charge in [0.2, 0.25) is 0 Å². The minimum Gasteiger partial charge on any atom is -0.508 e. The maximum absolute atomic E-state index is 10.1. The van der Waals surface area contributed by atoms with Crippen LogP contribution in [-0.4, -0.2) is 23.4 Å². The summed E-state index contributed by atoms with van der Waals surface area (Å²) in [5.74, 6) is 0.179. The minimum absolute atomic E-state index is 0.179. The number of hydrogen-bond acceptors (Lipinski definition) is 3. The van der Waals surface area contributed by atoms with Crippen LogP contribution >= 0.6 is 11.6 Å². The molecule has 0 bridgehead atoms. The van der Waals surface area contributed by atoms with Crippen molar-refractivity contribution in [3.63, 3.8) is 0 Å². The maximum atomic E-state index is 10.1. The van der Waals surface area contributed by atoms with Crippen molar-refractivity contribution < 1.29 is 14.4 Å². The quantitative estimate of drug-likeness (QED) is 0.796. The van der Waals surface area contributed by atoms with Crippen LogP contribution in [0, 0.1) is 6.92 Å². The Morgan fingerprint density at radius 2 is 1.61 bits per heavy atom. The van der Waals surface area contributed by atoms with Crippen LogP contribution < -0.4 is 5.46 Å². The van der Waals surface area contributed by atoms with Gasteiger partial charge in [-0.3, -0.25) is 0 Å². The Balaban J connectivity index is 2.41. The van der Waals surface area contributed by atoms with Crippen molar-refractivity contribution in [2.24, 2.45) is 0 Å². The van der Waals surface area contributed by atoms with Gasteiger partial charge in [-0.15, -0.1) is 0 Å². The maximum Gasteiger partial charge on any atom is 0.498 e. The van der Waals surface area contributed by atoms with E-state index < -0.39 is 18.3 Å². The predicted molar refractivity (Wildman–Crippen MR) is 73.6 cm³/mol. The smallest absolute Gasteiger partial charge is 0.498 e. The Labute approximate surface area is 113 Å². The first kappa shape index (κ1) is 13.7. The molecule has 1 fully saturated rings. The summed E-state index contributed by atoms with van der Waals surface area (Å²) >= 11 is 6.02. The SMILES string of the molecule is Cc1cc(Cl)cc(B2OC(C)(C)C(C)(C)O2)c1O.